The van der Waals surface area contributed by atoms with Crippen molar-refractivity contribution in [3.8, 4) is 5.75 Å². The molecule has 0 aliphatic carbocycles. The lowest BCUT2D eigenvalue weighted by Crippen LogP contribution is -2.15. The Morgan fingerprint density at radius 1 is 1.07 bits per heavy atom. The first kappa shape index (κ1) is 22.9. The molecular weight excluding hydrogens is 407 g/mol. The van der Waals surface area contributed by atoms with E-state index in [1.54, 1.807) is 0 Å². The van der Waals surface area contributed by atoms with Crippen LogP contribution in [0.2, 0.25) is 0 Å². The van der Waals surface area contributed by atoms with Crippen LogP contribution in [-0.2, 0) is 6.18 Å². The van der Waals surface area contributed by atoms with Crippen LogP contribution < -0.4 is 10.1 Å². The van der Waals surface area contributed by atoms with E-state index >= 15 is 0 Å². The second-order valence-electron chi connectivity index (χ2n) is 6.87. The molecule has 0 atom stereocenters. The van der Waals surface area contributed by atoms with Crippen LogP contribution in [-0.4, -0.2) is 23.0 Å². The van der Waals surface area contributed by atoms with Crippen LogP contribution >= 0.6 is 0 Å². The highest BCUT2D eigenvalue weighted by Gasteiger charge is 2.37. The Kier molecular flexibility index (Phi) is 6.85. The van der Waals surface area contributed by atoms with Crippen LogP contribution in [0.3, 0.4) is 0 Å². The lowest BCUT2D eigenvalue weighted by molar-refractivity contribution is -0.392. The maximum Gasteiger partial charge on any atom is 0.416 e. The molecule has 0 radical (unpaired) electrons. The highest BCUT2D eigenvalue weighted by atomic mass is 19.4. The Balaban J connectivity index is 2.26. The van der Waals surface area contributed by atoms with Crippen LogP contribution in [0.25, 0.3) is 0 Å². The minimum atomic E-state index is -4.96. The molecule has 2 aromatic carbocycles. The first-order chi connectivity index (χ1) is 13.9. The molecule has 0 amide bonds. The number of benzene rings is 2. The summed E-state index contributed by atoms with van der Waals surface area (Å²) in [5.74, 6) is 0.772. The normalized spacial score (nSPS) is 11.4. The monoisotopic (exact) mass is 427 g/mol. The summed E-state index contributed by atoms with van der Waals surface area (Å²) in [5.41, 5.74) is -2.24. The molecule has 30 heavy (non-hydrogen) atoms. The van der Waals surface area contributed by atoms with Crippen LogP contribution in [0.5, 0.6) is 5.75 Å². The molecule has 2 rings (SSSR count). The SMILES string of the molecule is Cc1ccc(C(C)C)c(OCCNc2c([N+](=O)[O-])cc(C(F)(F)F)cc2[N+](=O)[O-])c1. The van der Waals surface area contributed by atoms with Gasteiger partial charge < -0.3 is 10.1 Å². The van der Waals surface area contributed by atoms with Crippen molar-refractivity contribution in [1.82, 2.24) is 0 Å². The summed E-state index contributed by atoms with van der Waals surface area (Å²) in [4.78, 5) is 20.3. The number of rotatable bonds is 8. The molecule has 0 fully saturated rings. The van der Waals surface area contributed by atoms with Crippen molar-refractivity contribution in [2.75, 3.05) is 18.5 Å². The third-order valence-electron chi connectivity index (χ3n) is 4.27. The maximum atomic E-state index is 13.0. The zero-order valence-corrected chi connectivity index (χ0v) is 16.4. The van der Waals surface area contributed by atoms with Gasteiger partial charge in [-0.1, -0.05) is 26.0 Å². The predicted molar refractivity (Wildman–Crippen MR) is 104 cm³/mol. The van der Waals surface area contributed by atoms with E-state index in [2.05, 4.69) is 5.32 Å². The molecule has 0 aliphatic rings. The predicted octanol–water partition coefficient (Wildman–Crippen LogP) is 5.44. The molecule has 162 valence electrons. The van der Waals surface area contributed by atoms with Gasteiger partial charge in [0.1, 0.15) is 12.4 Å². The number of nitro benzene ring substituents is 2. The zero-order chi connectivity index (χ0) is 22.6. The Bertz CT molecular complexity index is 926. The quantitative estimate of drug-likeness (QED) is 0.341. The van der Waals surface area contributed by atoms with Gasteiger partial charge >= 0.3 is 6.18 Å². The van der Waals surface area contributed by atoms with Crippen molar-refractivity contribution in [1.29, 1.82) is 0 Å². The summed E-state index contributed by atoms with van der Waals surface area (Å²) in [6, 6.07) is 6.20. The maximum absolute atomic E-state index is 13.0. The van der Waals surface area contributed by atoms with E-state index in [0.717, 1.165) is 11.1 Å². The smallest absolute Gasteiger partial charge is 0.416 e. The van der Waals surface area contributed by atoms with E-state index in [-0.39, 0.29) is 31.2 Å². The van der Waals surface area contributed by atoms with Crippen LogP contribution in [0.1, 0.15) is 36.5 Å². The van der Waals surface area contributed by atoms with Gasteiger partial charge in [0, 0.05) is 18.7 Å². The van der Waals surface area contributed by atoms with Crippen LogP contribution in [0.4, 0.5) is 30.2 Å². The second-order valence-corrected chi connectivity index (χ2v) is 6.87. The number of halogens is 3. The Morgan fingerprint density at radius 3 is 2.10 bits per heavy atom. The number of nitrogens with one attached hydrogen (secondary N) is 1. The summed E-state index contributed by atoms with van der Waals surface area (Å²) >= 11 is 0. The van der Waals surface area contributed by atoms with E-state index in [9.17, 15) is 33.4 Å². The molecule has 0 unspecified atom stereocenters. The number of hydrogen-bond acceptors (Lipinski definition) is 6. The van der Waals surface area contributed by atoms with Crippen LogP contribution in [0, 0.1) is 27.2 Å². The van der Waals surface area contributed by atoms with Gasteiger partial charge in [-0.15, -0.1) is 0 Å². The van der Waals surface area contributed by atoms with Gasteiger partial charge in [0.05, 0.1) is 15.4 Å². The van der Waals surface area contributed by atoms with Gasteiger partial charge in [0.25, 0.3) is 11.4 Å². The molecule has 0 saturated carbocycles. The van der Waals surface area contributed by atoms with Gasteiger partial charge in [-0.05, 0) is 30.0 Å². The molecule has 11 heteroatoms. The van der Waals surface area contributed by atoms with Crippen LogP contribution in [0.15, 0.2) is 30.3 Å². The van der Waals surface area contributed by atoms with Crippen molar-refractivity contribution in [3.63, 3.8) is 0 Å². The highest BCUT2D eigenvalue weighted by molar-refractivity contribution is 5.75. The fraction of sp³-hybridized carbons (Fsp3) is 0.368. The minimum absolute atomic E-state index is 0.0154. The van der Waals surface area contributed by atoms with Crippen molar-refractivity contribution >= 4 is 17.1 Å². The molecule has 8 nitrogen and oxygen atoms in total. The van der Waals surface area contributed by atoms with E-state index in [1.807, 2.05) is 39.0 Å². The van der Waals surface area contributed by atoms with Gasteiger partial charge in [-0.2, -0.15) is 13.2 Å². The summed E-state index contributed by atoms with van der Waals surface area (Å²) in [5, 5.41) is 24.9. The lowest BCUT2D eigenvalue weighted by atomic mass is 10.0. The molecule has 0 bridgehead atoms. The van der Waals surface area contributed by atoms with Crippen molar-refractivity contribution in [3.05, 3.63) is 67.3 Å². The molecule has 0 spiro atoms. The summed E-state index contributed by atoms with van der Waals surface area (Å²) in [6.45, 7) is 5.72. The highest BCUT2D eigenvalue weighted by Crippen LogP contribution is 2.41. The fourth-order valence-electron chi connectivity index (χ4n) is 2.83. The molecular formula is C19H20F3N3O5. The third kappa shape index (κ3) is 5.37. The lowest BCUT2D eigenvalue weighted by Gasteiger charge is -2.16. The fourth-order valence-corrected chi connectivity index (χ4v) is 2.83. The number of anilines is 1. The van der Waals surface area contributed by atoms with Gasteiger partial charge in [-0.3, -0.25) is 20.2 Å². The Labute approximate surface area is 170 Å². The number of hydrogen-bond donors (Lipinski definition) is 1. The molecule has 0 heterocycles. The number of ether oxygens (including phenoxy) is 1. The topological polar surface area (TPSA) is 108 Å². The molecule has 0 aliphatic heterocycles. The average Bonchev–Trinajstić information content (AvgIpc) is 2.63. The second kappa shape index (κ2) is 8.97. The van der Waals surface area contributed by atoms with Crippen molar-refractivity contribution in [2.45, 2.75) is 32.9 Å². The first-order valence-electron chi connectivity index (χ1n) is 8.93. The summed E-state index contributed by atoms with van der Waals surface area (Å²) < 4.78 is 44.5. The van der Waals surface area contributed by atoms with E-state index < -0.39 is 38.6 Å². The van der Waals surface area contributed by atoms with E-state index in [0.29, 0.717) is 5.75 Å². The Hall–Kier alpha value is -3.37. The van der Waals surface area contributed by atoms with Crippen molar-refractivity contribution < 1.29 is 27.8 Å². The Morgan fingerprint density at radius 2 is 1.63 bits per heavy atom. The standard InChI is InChI=1S/C19H20F3N3O5/c1-11(2)14-5-4-12(3)8-17(14)30-7-6-23-18-15(24(26)27)9-13(19(20,21)22)10-16(18)25(28)29/h4-5,8-11,23H,6-7H2,1-3H3. The molecule has 0 saturated heterocycles. The summed E-state index contributed by atoms with van der Waals surface area (Å²) in [7, 11) is 0. The molecule has 2 aromatic rings. The molecule has 0 aromatic heterocycles. The number of aryl methyl sites for hydroxylation is 1. The summed E-state index contributed by atoms with van der Waals surface area (Å²) in [6.07, 6.45) is -4.96. The van der Waals surface area contributed by atoms with Gasteiger partial charge in [0.2, 0.25) is 0 Å². The third-order valence-corrected chi connectivity index (χ3v) is 4.27. The zero-order valence-electron chi connectivity index (χ0n) is 16.4. The number of alkyl halides is 3. The largest absolute Gasteiger partial charge is 0.491 e. The van der Waals surface area contributed by atoms with Crippen molar-refractivity contribution in [2.24, 2.45) is 0 Å². The number of nitrogens with zero attached hydrogens (tertiary/aromatic N) is 2. The van der Waals surface area contributed by atoms with Gasteiger partial charge in [0.15, 0.2) is 5.69 Å². The first-order valence-corrected chi connectivity index (χ1v) is 8.93. The van der Waals surface area contributed by atoms with E-state index in [1.165, 1.54) is 0 Å². The molecule has 1 N–H and O–H groups in total. The van der Waals surface area contributed by atoms with Gasteiger partial charge in [-0.25, -0.2) is 0 Å². The van der Waals surface area contributed by atoms with E-state index in [4.69, 9.17) is 4.74 Å². The minimum Gasteiger partial charge on any atom is -0.491 e. The average molecular weight is 427 g/mol. The number of nitro groups is 2.